The van der Waals surface area contributed by atoms with Crippen LogP contribution < -0.4 is 16.0 Å². The quantitative estimate of drug-likeness (QED) is 0.857. The summed E-state index contributed by atoms with van der Waals surface area (Å²) in [5.74, 6) is -0.488. The van der Waals surface area contributed by atoms with Crippen molar-refractivity contribution < 1.29 is 9.59 Å². The molecular weight excluding hydrogens is 254 g/mol. The van der Waals surface area contributed by atoms with E-state index in [0.717, 1.165) is 5.69 Å². The molecule has 1 aromatic rings. The average Bonchev–Trinajstić information content (AvgIpc) is 2.73. The van der Waals surface area contributed by atoms with Gasteiger partial charge in [0.2, 0.25) is 11.8 Å². The predicted octanol–water partition coefficient (Wildman–Crippen LogP) is 0.891. The van der Waals surface area contributed by atoms with E-state index in [2.05, 4.69) is 5.32 Å². The molecule has 2 amide bonds. The van der Waals surface area contributed by atoms with E-state index in [4.69, 9.17) is 5.73 Å². The SMILES string of the molecule is CC(CN)C(=O)NC1CC(C)N(c2ccccc2)C1=O. The summed E-state index contributed by atoms with van der Waals surface area (Å²) < 4.78 is 0. The first-order chi connectivity index (χ1) is 9.54. The zero-order chi connectivity index (χ0) is 14.7. The smallest absolute Gasteiger partial charge is 0.249 e. The molecule has 1 aromatic carbocycles. The van der Waals surface area contributed by atoms with Gasteiger partial charge in [0.05, 0.1) is 0 Å². The van der Waals surface area contributed by atoms with Gasteiger partial charge in [-0.2, -0.15) is 0 Å². The molecule has 5 heteroatoms. The van der Waals surface area contributed by atoms with Crippen molar-refractivity contribution in [2.24, 2.45) is 11.7 Å². The molecule has 3 atom stereocenters. The molecule has 1 aliphatic rings. The van der Waals surface area contributed by atoms with E-state index in [1.54, 1.807) is 11.8 Å². The van der Waals surface area contributed by atoms with Gasteiger partial charge in [-0.1, -0.05) is 25.1 Å². The summed E-state index contributed by atoms with van der Waals surface area (Å²) in [5.41, 5.74) is 6.34. The van der Waals surface area contributed by atoms with Crippen LogP contribution >= 0.6 is 0 Å². The summed E-state index contributed by atoms with van der Waals surface area (Å²) in [7, 11) is 0. The van der Waals surface area contributed by atoms with Gasteiger partial charge in [0, 0.05) is 24.2 Å². The van der Waals surface area contributed by atoms with Gasteiger partial charge in [0.1, 0.15) is 6.04 Å². The van der Waals surface area contributed by atoms with Crippen molar-refractivity contribution in [2.75, 3.05) is 11.4 Å². The minimum Gasteiger partial charge on any atom is -0.344 e. The van der Waals surface area contributed by atoms with Gasteiger partial charge < -0.3 is 16.0 Å². The minimum atomic E-state index is -0.452. The Morgan fingerprint density at radius 1 is 1.45 bits per heavy atom. The number of nitrogens with zero attached hydrogens (tertiary/aromatic N) is 1. The van der Waals surface area contributed by atoms with Crippen molar-refractivity contribution >= 4 is 17.5 Å². The van der Waals surface area contributed by atoms with Gasteiger partial charge in [-0.15, -0.1) is 0 Å². The molecule has 2 rings (SSSR count). The molecule has 0 aliphatic carbocycles. The first-order valence-corrected chi connectivity index (χ1v) is 6.93. The second kappa shape index (κ2) is 6.05. The van der Waals surface area contributed by atoms with Crippen molar-refractivity contribution in [3.05, 3.63) is 30.3 Å². The largest absolute Gasteiger partial charge is 0.344 e. The second-order valence-corrected chi connectivity index (χ2v) is 5.33. The number of hydrogen-bond acceptors (Lipinski definition) is 3. The summed E-state index contributed by atoms with van der Waals surface area (Å²) in [5, 5.41) is 2.80. The highest BCUT2D eigenvalue weighted by Gasteiger charge is 2.39. The van der Waals surface area contributed by atoms with E-state index in [9.17, 15) is 9.59 Å². The summed E-state index contributed by atoms with van der Waals surface area (Å²) in [6.07, 6.45) is 0.622. The number of hydrogen-bond donors (Lipinski definition) is 2. The topological polar surface area (TPSA) is 75.4 Å². The lowest BCUT2D eigenvalue weighted by Crippen LogP contribution is -2.44. The van der Waals surface area contributed by atoms with Crippen LogP contribution in [0.3, 0.4) is 0 Å². The number of benzene rings is 1. The van der Waals surface area contributed by atoms with Gasteiger partial charge in [0.25, 0.3) is 0 Å². The van der Waals surface area contributed by atoms with Crippen LogP contribution in [0, 0.1) is 5.92 Å². The number of nitrogens with two attached hydrogens (primary N) is 1. The highest BCUT2D eigenvalue weighted by molar-refractivity contribution is 6.02. The van der Waals surface area contributed by atoms with Crippen LogP contribution in [-0.4, -0.2) is 30.4 Å². The van der Waals surface area contributed by atoms with Gasteiger partial charge in [-0.05, 0) is 25.5 Å². The summed E-state index contributed by atoms with van der Waals surface area (Å²) >= 11 is 0. The molecular formula is C15H21N3O2. The van der Waals surface area contributed by atoms with E-state index in [0.29, 0.717) is 6.42 Å². The highest BCUT2D eigenvalue weighted by atomic mass is 16.2. The molecule has 0 aromatic heterocycles. The normalized spacial score (nSPS) is 23.8. The van der Waals surface area contributed by atoms with Crippen LogP contribution in [0.4, 0.5) is 5.69 Å². The Morgan fingerprint density at radius 3 is 2.70 bits per heavy atom. The summed E-state index contributed by atoms with van der Waals surface area (Å²) in [6.45, 7) is 4.03. The third-order valence-electron chi connectivity index (χ3n) is 3.71. The van der Waals surface area contributed by atoms with E-state index in [1.165, 1.54) is 0 Å². The van der Waals surface area contributed by atoms with E-state index in [1.807, 2.05) is 37.3 Å². The van der Waals surface area contributed by atoms with Crippen LogP contribution in [0.1, 0.15) is 20.3 Å². The van der Waals surface area contributed by atoms with Gasteiger partial charge in [-0.3, -0.25) is 9.59 Å². The third-order valence-corrected chi connectivity index (χ3v) is 3.71. The first-order valence-electron chi connectivity index (χ1n) is 6.93. The average molecular weight is 275 g/mol. The van der Waals surface area contributed by atoms with Crippen molar-refractivity contribution in [1.29, 1.82) is 0 Å². The number of rotatable bonds is 4. The van der Waals surface area contributed by atoms with Gasteiger partial charge in [0.15, 0.2) is 0 Å². The second-order valence-electron chi connectivity index (χ2n) is 5.33. The molecule has 0 radical (unpaired) electrons. The Balaban J connectivity index is 2.09. The number of nitrogens with one attached hydrogen (secondary N) is 1. The molecule has 0 bridgehead atoms. The first kappa shape index (κ1) is 14.5. The maximum atomic E-state index is 12.4. The third kappa shape index (κ3) is 2.82. The Morgan fingerprint density at radius 2 is 2.10 bits per heavy atom. The lowest BCUT2D eigenvalue weighted by molar-refractivity contribution is -0.128. The zero-order valence-corrected chi connectivity index (χ0v) is 11.9. The van der Waals surface area contributed by atoms with Crippen molar-refractivity contribution in [2.45, 2.75) is 32.4 Å². The monoisotopic (exact) mass is 275 g/mol. The molecule has 20 heavy (non-hydrogen) atoms. The fourth-order valence-corrected chi connectivity index (χ4v) is 2.44. The molecule has 1 saturated heterocycles. The zero-order valence-electron chi connectivity index (χ0n) is 11.9. The number of amides is 2. The molecule has 3 N–H and O–H groups in total. The lowest BCUT2D eigenvalue weighted by Gasteiger charge is -2.21. The number of carbonyl (C=O) groups is 2. The van der Waals surface area contributed by atoms with Crippen molar-refractivity contribution in [3.63, 3.8) is 0 Å². The van der Waals surface area contributed by atoms with Crippen LogP contribution in [0.25, 0.3) is 0 Å². The Bertz CT molecular complexity index is 489. The number of para-hydroxylation sites is 1. The van der Waals surface area contributed by atoms with Crippen LogP contribution in [0.15, 0.2) is 30.3 Å². The standard InChI is InChI=1S/C15H21N3O2/c1-10(9-16)14(19)17-13-8-11(2)18(15(13)20)12-6-4-3-5-7-12/h3-7,10-11,13H,8-9,16H2,1-2H3,(H,17,19). The van der Waals surface area contributed by atoms with E-state index < -0.39 is 6.04 Å². The minimum absolute atomic E-state index is 0.0544. The fourth-order valence-electron chi connectivity index (χ4n) is 2.44. The molecule has 108 valence electrons. The number of carbonyl (C=O) groups excluding carboxylic acids is 2. The highest BCUT2D eigenvalue weighted by Crippen LogP contribution is 2.26. The summed E-state index contributed by atoms with van der Waals surface area (Å²) in [6, 6.07) is 9.14. The van der Waals surface area contributed by atoms with Crippen molar-refractivity contribution in [3.8, 4) is 0 Å². The Labute approximate surface area is 119 Å². The predicted molar refractivity (Wildman–Crippen MR) is 78.2 cm³/mol. The summed E-state index contributed by atoms with van der Waals surface area (Å²) in [4.78, 5) is 26.1. The Kier molecular flexibility index (Phi) is 4.39. The van der Waals surface area contributed by atoms with Crippen LogP contribution in [0.5, 0.6) is 0 Å². The molecule has 0 spiro atoms. The number of anilines is 1. The molecule has 5 nitrogen and oxygen atoms in total. The molecule has 1 fully saturated rings. The van der Waals surface area contributed by atoms with Gasteiger partial charge >= 0.3 is 0 Å². The Hall–Kier alpha value is -1.88. The van der Waals surface area contributed by atoms with Crippen LogP contribution in [-0.2, 0) is 9.59 Å². The van der Waals surface area contributed by atoms with E-state index in [-0.39, 0.29) is 30.3 Å². The fraction of sp³-hybridized carbons (Fsp3) is 0.467. The molecule has 3 unspecified atom stereocenters. The van der Waals surface area contributed by atoms with Crippen molar-refractivity contribution in [1.82, 2.24) is 5.32 Å². The molecule has 1 aliphatic heterocycles. The van der Waals surface area contributed by atoms with Gasteiger partial charge in [-0.25, -0.2) is 0 Å². The maximum absolute atomic E-state index is 12.4. The molecule has 0 saturated carbocycles. The molecule has 1 heterocycles. The lowest BCUT2D eigenvalue weighted by atomic mass is 10.1. The van der Waals surface area contributed by atoms with Crippen LogP contribution in [0.2, 0.25) is 0 Å². The van der Waals surface area contributed by atoms with E-state index >= 15 is 0 Å². The maximum Gasteiger partial charge on any atom is 0.249 e.